The first-order chi connectivity index (χ1) is 14.2. The van der Waals surface area contributed by atoms with Crippen molar-refractivity contribution < 1.29 is 4.39 Å². The van der Waals surface area contributed by atoms with Gasteiger partial charge in [0.1, 0.15) is 5.82 Å². The molecule has 0 N–H and O–H groups in total. The minimum Gasteiger partial charge on any atom is -0.207 e. The quantitative estimate of drug-likeness (QED) is 0.463. The monoisotopic (exact) mass is 390 g/mol. The van der Waals surface area contributed by atoms with Crippen LogP contribution in [0.5, 0.6) is 0 Å². The molecule has 5 rings (SSSR count). The molecule has 0 saturated heterocycles. The molecule has 1 heteroatoms. The van der Waals surface area contributed by atoms with E-state index in [4.69, 9.17) is 0 Å². The van der Waals surface area contributed by atoms with Crippen molar-refractivity contribution in [2.45, 2.75) is 70.1 Å². The van der Waals surface area contributed by atoms with Gasteiger partial charge in [-0.05, 0) is 128 Å². The van der Waals surface area contributed by atoms with E-state index < -0.39 is 0 Å². The van der Waals surface area contributed by atoms with Gasteiger partial charge in [-0.3, -0.25) is 0 Å². The first-order valence-electron chi connectivity index (χ1n) is 12.0. The Morgan fingerprint density at radius 3 is 2.10 bits per heavy atom. The Hall–Kier alpha value is -1.63. The zero-order valence-corrected chi connectivity index (χ0v) is 17.7. The molecule has 0 nitrogen and oxygen atoms in total. The summed E-state index contributed by atoms with van der Waals surface area (Å²) in [5.41, 5.74) is 1.48. The predicted molar refractivity (Wildman–Crippen MR) is 120 cm³/mol. The molecule has 0 aliphatic heterocycles. The van der Waals surface area contributed by atoms with E-state index in [-0.39, 0.29) is 5.82 Å². The number of benzene rings is 2. The molecule has 3 saturated carbocycles. The lowest BCUT2D eigenvalue weighted by atomic mass is 9.60. The molecule has 154 valence electrons. The third kappa shape index (κ3) is 4.03. The summed E-state index contributed by atoms with van der Waals surface area (Å²) in [5, 5.41) is 2.21. The molecule has 4 atom stereocenters. The van der Waals surface area contributed by atoms with Crippen LogP contribution in [0, 0.1) is 35.4 Å². The first kappa shape index (κ1) is 19.3. The van der Waals surface area contributed by atoms with E-state index in [9.17, 15) is 4.39 Å². The summed E-state index contributed by atoms with van der Waals surface area (Å²) in [4.78, 5) is 0. The van der Waals surface area contributed by atoms with Crippen LogP contribution in [0.3, 0.4) is 0 Å². The van der Waals surface area contributed by atoms with Crippen molar-refractivity contribution in [3.63, 3.8) is 0 Å². The highest BCUT2D eigenvalue weighted by Crippen LogP contribution is 2.51. The van der Waals surface area contributed by atoms with Crippen molar-refractivity contribution in [3.05, 3.63) is 60.4 Å². The highest BCUT2D eigenvalue weighted by atomic mass is 19.1. The third-order valence-electron chi connectivity index (χ3n) is 8.77. The fourth-order valence-corrected chi connectivity index (χ4v) is 7.00. The van der Waals surface area contributed by atoms with E-state index in [1.807, 2.05) is 6.07 Å². The summed E-state index contributed by atoms with van der Waals surface area (Å²) in [6.07, 6.45) is 16.4. The zero-order valence-electron chi connectivity index (χ0n) is 17.7. The number of hydrogen-bond donors (Lipinski definition) is 0. The van der Waals surface area contributed by atoms with Crippen LogP contribution in [0.2, 0.25) is 0 Å². The fraction of sp³-hybridized carbons (Fsp3) is 0.571. The molecular weight excluding hydrogens is 355 g/mol. The van der Waals surface area contributed by atoms with Crippen LogP contribution in [0.1, 0.15) is 75.7 Å². The topological polar surface area (TPSA) is 0 Å². The number of hydrogen-bond acceptors (Lipinski definition) is 0. The molecule has 3 aliphatic carbocycles. The summed E-state index contributed by atoms with van der Waals surface area (Å²) in [5.74, 6) is 5.23. The first-order valence-corrected chi connectivity index (χ1v) is 12.0. The Labute approximate surface area is 175 Å². The SMILES string of the molecule is C=CC1CCC(C2CCC3CC(c4ccc5cc(F)ccc5c4)CCC3C2)CC1. The summed E-state index contributed by atoms with van der Waals surface area (Å²) in [6.45, 7) is 4.01. The van der Waals surface area contributed by atoms with Crippen molar-refractivity contribution in [1.82, 2.24) is 0 Å². The molecule has 4 unspecified atom stereocenters. The van der Waals surface area contributed by atoms with Gasteiger partial charge in [0.15, 0.2) is 0 Å². The van der Waals surface area contributed by atoms with E-state index in [0.717, 1.165) is 35.0 Å². The molecule has 0 aromatic heterocycles. The molecule has 0 spiro atoms. The van der Waals surface area contributed by atoms with E-state index >= 15 is 0 Å². The molecule has 0 radical (unpaired) electrons. The average Bonchev–Trinajstić information content (AvgIpc) is 2.78. The minimum atomic E-state index is -0.138. The lowest BCUT2D eigenvalue weighted by Gasteiger charge is -2.45. The number of allylic oxidation sites excluding steroid dienone is 1. The van der Waals surface area contributed by atoms with Crippen LogP contribution in [-0.2, 0) is 0 Å². The van der Waals surface area contributed by atoms with Crippen LogP contribution in [-0.4, -0.2) is 0 Å². The maximum absolute atomic E-state index is 13.5. The summed E-state index contributed by atoms with van der Waals surface area (Å²) in [6, 6.07) is 11.9. The molecule has 0 heterocycles. The Bertz CT molecular complexity index is 860. The molecule has 0 bridgehead atoms. The van der Waals surface area contributed by atoms with Gasteiger partial charge in [-0.15, -0.1) is 6.58 Å². The fourth-order valence-electron chi connectivity index (χ4n) is 7.00. The van der Waals surface area contributed by atoms with E-state index in [2.05, 4.69) is 30.9 Å². The lowest BCUT2D eigenvalue weighted by Crippen LogP contribution is -2.34. The van der Waals surface area contributed by atoms with Crippen molar-refractivity contribution in [2.24, 2.45) is 29.6 Å². The molecular formula is C28H35F. The van der Waals surface area contributed by atoms with Crippen LogP contribution >= 0.6 is 0 Å². The highest BCUT2D eigenvalue weighted by molar-refractivity contribution is 5.83. The summed E-state index contributed by atoms with van der Waals surface area (Å²) < 4.78 is 13.5. The van der Waals surface area contributed by atoms with Crippen LogP contribution in [0.4, 0.5) is 4.39 Å². The van der Waals surface area contributed by atoms with E-state index in [1.165, 1.54) is 75.2 Å². The smallest absolute Gasteiger partial charge is 0.123 e. The molecule has 3 fully saturated rings. The summed E-state index contributed by atoms with van der Waals surface area (Å²) >= 11 is 0. The van der Waals surface area contributed by atoms with Gasteiger partial charge in [0.25, 0.3) is 0 Å². The standard InChI is InChI=1S/C28H35F/c1-2-19-3-5-20(6-4-19)21-7-8-23-16-24(10-9-22(23)15-21)25-11-12-27-18-28(29)14-13-26(27)17-25/h2,11-14,17-24H,1,3-10,15-16H2. The number of halogens is 1. The largest absolute Gasteiger partial charge is 0.207 e. The third-order valence-corrected chi connectivity index (χ3v) is 8.77. The van der Waals surface area contributed by atoms with Crippen molar-refractivity contribution in [1.29, 1.82) is 0 Å². The van der Waals surface area contributed by atoms with Gasteiger partial charge in [0, 0.05) is 0 Å². The molecule has 0 amide bonds. The van der Waals surface area contributed by atoms with Crippen LogP contribution in [0.15, 0.2) is 49.1 Å². The van der Waals surface area contributed by atoms with Crippen molar-refractivity contribution >= 4 is 10.8 Å². The van der Waals surface area contributed by atoms with E-state index in [1.54, 1.807) is 12.1 Å². The minimum absolute atomic E-state index is 0.138. The van der Waals surface area contributed by atoms with Gasteiger partial charge in [-0.1, -0.05) is 30.3 Å². The molecule has 2 aromatic rings. The second-order valence-corrected chi connectivity index (χ2v) is 10.3. The average molecular weight is 391 g/mol. The normalized spacial score (nSPS) is 35.2. The van der Waals surface area contributed by atoms with Gasteiger partial charge >= 0.3 is 0 Å². The number of rotatable bonds is 3. The Morgan fingerprint density at radius 1 is 0.690 bits per heavy atom. The molecule has 29 heavy (non-hydrogen) atoms. The van der Waals surface area contributed by atoms with E-state index in [0.29, 0.717) is 5.92 Å². The second-order valence-electron chi connectivity index (χ2n) is 10.3. The summed E-state index contributed by atoms with van der Waals surface area (Å²) in [7, 11) is 0. The van der Waals surface area contributed by atoms with Crippen molar-refractivity contribution in [2.75, 3.05) is 0 Å². The maximum Gasteiger partial charge on any atom is 0.123 e. The van der Waals surface area contributed by atoms with Gasteiger partial charge in [0.05, 0.1) is 0 Å². The predicted octanol–water partition coefficient (Wildman–Crippen LogP) is 8.27. The van der Waals surface area contributed by atoms with Crippen molar-refractivity contribution in [3.8, 4) is 0 Å². The number of fused-ring (bicyclic) bond motifs is 2. The lowest BCUT2D eigenvalue weighted by molar-refractivity contribution is 0.0748. The second kappa shape index (κ2) is 8.25. The van der Waals surface area contributed by atoms with Gasteiger partial charge in [0.2, 0.25) is 0 Å². The Balaban J connectivity index is 1.22. The van der Waals surface area contributed by atoms with Gasteiger partial charge in [-0.2, -0.15) is 0 Å². The Kier molecular flexibility index (Phi) is 5.50. The van der Waals surface area contributed by atoms with Gasteiger partial charge in [-0.25, -0.2) is 4.39 Å². The maximum atomic E-state index is 13.5. The molecule has 3 aliphatic rings. The van der Waals surface area contributed by atoms with Crippen LogP contribution < -0.4 is 0 Å². The van der Waals surface area contributed by atoms with Gasteiger partial charge < -0.3 is 0 Å². The molecule has 2 aromatic carbocycles. The zero-order chi connectivity index (χ0) is 19.8. The highest BCUT2D eigenvalue weighted by Gasteiger charge is 2.38. The Morgan fingerprint density at radius 2 is 1.31 bits per heavy atom. The van der Waals surface area contributed by atoms with Crippen LogP contribution in [0.25, 0.3) is 10.8 Å².